The minimum atomic E-state index is -3.58. The lowest BCUT2D eigenvalue weighted by Crippen LogP contribution is -2.56. The van der Waals surface area contributed by atoms with Crippen LogP contribution in [-0.2, 0) is 16.6 Å². The van der Waals surface area contributed by atoms with Crippen molar-refractivity contribution in [2.24, 2.45) is 0 Å². The number of phenolic OH excluding ortho intramolecular Hbond substituents is 1. The third-order valence-electron chi connectivity index (χ3n) is 6.84. The van der Waals surface area contributed by atoms with Crippen LogP contribution in [0, 0.1) is 13.8 Å². The van der Waals surface area contributed by atoms with Gasteiger partial charge in [-0.15, -0.1) is 0 Å². The summed E-state index contributed by atoms with van der Waals surface area (Å²) in [6.07, 6.45) is 4.54. The number of nitrogens with zero attached hydrogens (tertiary/aromatic N) is 4. The minimum Gasteiger partial charge on any atom is -0.507 e. The zero-order valence-corrected chi connectivity index (χ0v) is 20.3. The number of oxazole rings is 1. The van der Waals surface area contributed by atoms with Crippen molar-refractivity contribution in [3.8, 4) is 17.0 Å². The third kappa shape index (κ3) is 3.88. The fourth-order valence-electron chi connectivity index (χ4n) is 5.14. The molecule has 2 atom stereocenters. The number of aromatic hydroxyl groups is 1. The van der Waals surface area contributed by atoms with Crippen molar-refractivity contribution < 1.29 is 17.9 Å². The van der Waals surface area contributed by atoms with Crippen LogP contribution >= 0.6 is 0 Å². The summed E-state index contributed by atoms with van der Waals surface area (Å²) >= 11 is 0. The molecule has 1 spiro atoms. The first kappa shape index (κ1) is 22.6. The molecule has 1 aromatic carbocycles. The average molecular weight is 481 g/mol. The van der Waals surface area contributed by atoms with Crippen LogP contribution in [0.3, 0.4) is 0 Å². The zero-order valence-electron chi connectivity index (χ0n) is 19.5. The second-order valence-corrected chi connectivity index (χ2v) is 10.9. The first-order valence-electron chi connectivity index (χ1n) is 11.3. The molecule has 3 aromatic rings. The van der Waals surface area contributed by atoms with Gasteiger partial charge in [-0.05, 0) is 69.5 Å². The van der Waals surface area contributed by atoms with Gasteiger partial charge in [0.25, 0.3) is 10.0 Å². The van der Waals surface area contributed by atoms with Gasteiger partial charge in [-0.2, -0.15) is 0 Å². The number of sulfonamides is 1. The van der Waals surface area contributed by atoms with Crippen LogP contribution in [0.15, 0.2) is 58.7 Å². The summed E-state index contributed by atoms with van der Waals surface area (Å²) in [5, 5.41) is 11.7. The van der Waals surface area contributed by atoms with E-state index in [9.17, 15) is 13.5 Å². The molecule has 9 heteroatoms. The lowest BCUT2D eigenvalue weighted by Gasteiger charge is -2.47. The van der Waals surface area contributed by atoms with E-state index in [2.05, 4.69) is 21.8 Å². The number of hydrogen-bond donors (Lipinski definition) is 1. The Hall–Kier alpha value is -3.17. The molecule has 5 rings (SSSR count). The normalized spacial score (nSPS) is 24.2. The van der Waals surface area contributed by atoms with Gasteiger partial charge >= 0.3 is 0 Å². The SMILES string of the molecule is Cc1cccc(N2[C@]3(C=CS2(=O)=O)CCN(Cc2ccc(O)c(-c4ncoc4C)c2)[C@@H](C)C3)n1. The van der Waals surface area contributed by atoms with Crippen molar-refractivity contribution >= 4 is 15.8 Å². The molecule has 0 aliphatic carbocycles. The van der Waals surface area contributed by atoms with E-state index in [-0.39, 0.29) is 11.8 Å². The van der Waals surface area contributed by atoms with E-state index in [0.717, 1.165) is 17.8 Å². The van der Waals surface area contributed by atoms with E-state index in [4.69, 9.17) is 4.42 Å². The van der Waals surface area contributed by atoms with Crippen molar-refractivity contribution in [1.82, 2.24) is 14.9 Å². The summed E-state index contributed by atoms with van der Waals surface area (Å²) in [5.41, 5.74) is 2.49. The highest BCUT2D eigenvalue weighted by atomic mass is 32.2. The summed E-state index contributed by atoms with van der Waals surface area (Å²) in [4.78, 5) is 11.1. The molecule has 34 heavy (non-hydrogen) atoms. The largest absolute Gasteiger partial charge is 0.507 e. The topological polar surface area (TPSA) is 99.8 Å². The van der Waals surface area contributed by atoms with Crippen molar-refractivity contribution in [2.75, 3.05) is 10.8 Å². The molecule has 4 heterocycles. The van der Waals surface area contributed by atoms with Crippen LogP contribution in [-0.4, -0.2) is 46.5 Å². The Kier molecular flexibility index (Phi) is 5.49. The molecule has 0 amide bonds. The van der Waals surface area contributed by atoms with Crippen LogP contribution in [0.1, 0.15) is 36.8 Å². The third-order valence-corrected chi connectivity index (χ3v) is 8.38. The number of aromatic nitrogens is 2. The Bertz CT molecular complexity index is 1370. The molecule has 0 unspecified atom stereocenters. The highest BCUT2D eigenvalue weighted by Gasteiger charge is 2.49. The van der Waals surface area contributed by atoms with E-state index < -0.39 is 15.6 Å². The quantitative estimate of drug-likeness (QED) is 0.599. The summed E-state index contributed by atoms with van der Waals surface area (Å²) in [7, 11) is -3.58. The Morgan fingerprint density at radius 2 is 2.06 bits per heavy atom. The van der Waals surface area contributed by atoms with Crippen LogP contribution in [0.5, 0.6) is 5.75 Å². The number of piperidine rings is 1. The molecule has 0 saturated carbocycles. The Labute approximate surface area is 199 Å². The van der Waals surface area contributed by atoms with E-state index in [0.29, 0.717) is 42.2 Å². The number of hydrogen-bond acceptors (Lipinski definition) is 7. The minimum absolute atomic E-state index is 0.130. The lowest BCUT2D eigenvalue weighted by atomic mass is 9.83. The first-order chi connectivity index (χ1) is 16.2. The number of phenols is 1. The van der Waals surface area contributed by atoms with Crippen molar-refractivity contribution in [3.63, 3.8) is 0 Å². The Morgan fingerprint density at radius 3 is 2.76 bits per heavy atom. The van der Waals surface area contributed by atoms with Gasteiger partial charge in [0.15, 0.2) is 6.39 Å². The van der Waals surface area contributed by atoms with E-state index >= 15 is 0 Å². The maximum atomic E-state index is 13.0. The summed E-state index contributed by atoms with van der Waals surface area (Å²) in [5.74, 6) is 1.28. The molecule has 1 saturated heterocycles. The molecule has 0 bridgehead atoms. The zero-order chi connectivity index (χ0) is 24.1. The van der Waals surface area contributed by atoms with Gasteiger partial charge in [-0.3, -0.25) is 4.90 Å². The average Bonchev–Trinajstić information content (AvgIpc) is 3.31. The monoisotopic (exact) mass is 480 g/mol. The maximum Gasteiger partial charge on any atom is 0.259 e. The molecule has 178 valence electrons. The molecule has 8 nitrogen and oxygen atoms in total. The Morgan fingerprint density at radius 1 is 1.24 bits per heavy atom. The molecule has 0 radical (unpaired) electrons. The number of rotatable bonds is 4. The highest BCUT2D eigenvalue weighted by molar-refractivity contribution is 7.96. The fraction of sp³-hybridized carbons (Fsp3) is 0.360. The molecule has 2 aliphatic rings. The number of anilines is 1. The van der Waals surface area contributed by atoms with Crippen molar-refractivity contribution in [1.29, 1.82) is 0 Å². The van der Waals surface area contributed by atoms with Gasteiger partial charge in [-0.25, -0.2) is 22.7 Å². The van der Waals surface area contributed by atoms with E-state index in [1.165, 1.54) is 16.1 Å². The van der Waals surface area contributed by atoms with E-state index in [1.54, 1.807) is 12.1 Å². The van der Waals surface area contributed by atoms with Crippen molar-refractivity contribution in [2.45, 2.75) is 51.7 Å². The van der Waals surface area contributed by atoms with Crippen LogP contribution < -0.4 is 4.31 Å². The molecule has 2 aromatic heterocycles. The highest BCUT2D eigenvalue weighted by Crippen LogP contribution is 2.43. The predicted molar refractivity (Wildman–Crippen MR) is 130 cm³/mol. The van der Waals surface area contributed by atoms with Gasteiger partial charge in [0.1, 0.15) is 23.0 Å². The molecule has 2 aliphatic heterocycles. The second-order valence-electron chi connectivity index (χ2n) is 9.24. The van der Waals surface area contributed by atoms with Crippen LogP contribution in [0.2, 0.25) is 0 Å². The number of aryl methyl sites for hydroxylation is 2. The number of benzene rings is 1. The van der Waals surface area contributed by atoms with Gasteiger partial charge in [0, 0.05) is 35.8 Å². The maximum absolute atomic E-state index is 13.0. The predicted octanol–water partition coefficient (Wildman–Crippen LogP) is 4.15. The summed E-state index contributed by atoms with van der Waals surface area (Å²) < 4.78 is 32.8. The van der Waals surface area contributed by atoms with Gasteiger partial charge < -0.3 is 9.52 Å². The smallest absolute Gasteiger partial charge is 0.259 e. The van der Waals surface area contributed by atoms with Crippen molar-refractivity contribution in [3.05, 3.63) is 71.3 Å². The van der Waals surface area contributed by atoms with Gasteiger partial charge in [0.2, 0.25) is 0 Å². The van der Waals surface area contributed by atoms with Crippen LogP contribution in [0.4, 0.5) is 5.82 Å². The van der Waals surface area contributed by atoms with Gasteiger partial charge in [-0.1, -0.05) is 12.1 Å². The number of pyridine rings is 1. The van der Waals surface area contributed by atoms with Gasteiger partial charge in [0.05, 0.1) is 5.54 Å². The first-order valence-corrected chi connectivity index (χ1v) is 12.8. The standard InChI is InChI=1S/C25H28N4O4S/c1-17-5-4-6-23(27-17)29-25(10-12-34(29,31)32)9-11-28(18(2)14-25)15-20-7-8-22(30)21(13-20)24-19(3)33-16-26-24/h4-8,10,12-13,16,18,30H,9,11,14-15H2,1-3H3/t18-,25-/m0/s1. The summed E-state index contributed by atoms with van der Waals surface area (Å²) in [6.45, 7) is 7.22. The van der Waals surface area contributed by atoms with Crippen LogP contribution in [0.25, 0.3) is 11.3 Å². The molecular formula is C25H28N4O4S. The summed E-state index contributed by atoms with van der Waals surface area (Å²) in [6, 6.07) is 11.1. The fourth-order valence-corrected chi connectivity index (χ4v) is 6.78. The Balaban J connectivity index is 1.38. The molecule has 1 fully saturated rings. The number of likely N-dealkylation sites (tertiary alicyclic amines) is 1. The second kappa shape index (κ2) is 8.25. The molecular weight excluding hydrogens is 452 g/mol. The molecule has 1 N–H and O–H groups in total. The lowest BCUT2D eigenvalue weighted by molar-refractivity contribution is 0.119. The van der Waals surface area contributed by atoms with E-state index in [1.807, 2.05) is 44.2 Å².